The van der Waals surface area contributed by atoms with Gasteiger partial charge in [-0.3, -0.25) is 14.6 Å². The van der Waals surface area contributed by atoms with E-state index in [1.165, 1.54) is 0 Å². The van der Waals surface area contributed by atoms with Gasteiger partial charge in [0.25, 0.3) is 5.91 Å². The van der Waals surface area contributed by atoms with Crippen LogP contribution in [0.1, 0.15) is 28.8 Å². The number of aromatic nitrogens is 1. The zero-order valence-electron chi connectivity index (χ0n) is 15.3. The van der Waals surface area contributed by atoms with Crippen LogP contribution in [0.15, 0.2) is 60.9 Å². The molecule has 0 saturated carbocycles. The monoisotopic (exact) mass is 375 g/mol. The first kappa shape index (κ1) is 18.0. The fourth-order valence-corrected chi connectivity index (χ4v) is 3.67. The topological polar surface area (TPSA) is 82.5 Å². The molecule has 0 bridgehead atoms. The molecule has 1 aliphatic heterocycles. The fraction of sp³-hybridized carbons (Fsp3) is 0.227. The van der Waals surface area contributed by atoms with E-state index in [1.54, 1.807) is 29.4 Å². The predicted molar refractivity (Wildman–Crippen MR) is 106 cm³/mol. The van der Waals surface area contributed by atoms with Gasteiger partial charge in [-0.15, -0.1) is 0 Å². The van der Waals surface area contributed by atoms with Gasteiger partial charge in [0, 0.05) is 30.9 Å². The number of hydrogen-bond donors (Lipinski definition) is 2. The van der Waals surface area contributed by atoms with Gasteiger partial charge in [-0.25, -0.2) is 0 Å². The molecule has 2 N–H and O–H groups in total. The summed E-state index contributed by atoms with van der Waals surface area (Å²) in [6.45, 7) is 0.888. The lowest BCUT2D eigenvalue weighted by molar-refractivity contribution is -0.125. The van der Waals surface area contributed by atoms with E-state index in [2.05, 4.69) is 10.3 Å². The molecule has 1 atom stereocenters. The number of carbonyl (C=O) groups is 2. The van der Waals surface area contributed by atoms with E-state index in [4.69, 9.17) is 0 Å². The van der Waals surface area contributed by atoms with Gasteiger partial charge in [-0.2, -0.15) is 0 Å². The maximum absolute atomic E-state index is 13.1. The quantitative estimate of drug-likeness (QED) is 0.735. The number of phenolic OH excluding ortho intramolecular Hbond substituents is 1. The Labute approximate surface area is 162 Å². The third-order valence-electron chi connectivity index (χ3n) is 5.16. The number of rotatable bonds is 4. The lowest BCUT2D eigenvalue weighted by atomic mass is 10.0. The second kappa shape index (κ2) is 7.68. The van der Waals surface area contributed by atoms with Crippen LogP contribution in [0.3, 0.4) is 0 Å². The molecule has 6 nitrogen and oxygen atoms in total. The van der Waals surface area contributed by atoms with E-state index >= 15 is 0 Å². The van der Waals surface area contributed by atoms with Crippen LogP contribution in [0.4, 0.5) is 0 Å². The molecule has 0 spiro atoms. The summed E-state index contributed by atoms with van der Waals surface area (Å²) in [7, 11) is 0. The third-order valence-corrected chi connectivity index (χ3v) is 5.16. The number of fused-ring (bicyclic) bond motifs is 1. The number of nitrogens with zero attached hydrogens (tertiary/aromatic N) is 2. The maximum Gasteiger partial charge on any atom is 0.258 e. The molecule has 4 rings (SSSR count). The van der Waals surface area contributed by atoms with Crippen LogP contribution in [0.5, 0.6) is 5.75 Å². The number of phenols is 1. The average molecular weight is 375 g/mol. The first-order valence-corrected chi connectivity index (χ1v) is 9.33. The number of benzene rings is 2. The highest BCUT2D eigenvalue weighted by atomic mass is 16.3. The van der Waals surface area contributed by atoms with Crippen molar-refractivity contribution in [1.29, 1.82) is 0 Å². The van der Waals surface area contributed by atoms with Crippen LogP contribution in [-0.2, 0) is 11.3 Å². The molecule has 28 heavy (non-hydrogen) atoms. The highest BCUT2D eigenvalue weighted by Crippen LogP contribution is 2.31. The van der Waals surface area contributed by atoms with Gasteiger partial charge in [0.2, 0.25) is 5.91 Å². The van der Waals surface area contributed by atoms with Crippen molar-refractivity contribution in [2.45, 2.75) is 25.4 Å². The zero-order valence-corrected chi connectivity index (χ0v) is 15.3. The Kier molecular flexibility index (Phi) is 4.93. The molecule has 1 aliphatic rings. The third kappa shape index (κ3) is 3.41. The molecule has 6 heteroatoms. The molecule has 2 aromatic carbocycles. The molecule has 0 unspecified atom stereocenters. The minimum absolute atomic E-state index is 0.0362. The van der Waals surface area contributed by atoms with Crippen LogP contribution in [0, 0.1) is 0 Å². The number of amides is 2. The van der Waals surface area contributed by atoms with Gasteiger partial charge in [-0.05, 0) is 42.0 Å². The number of aromatic hydroxyl groups is 1. The Morgan fingerprint density at radius 1 is 1.11 bits per heavy atom. The molecule has 2 heterocycles. The van der Waals surface area contributed by atoms with Crippen molar-refractivity contribution in [2.75, 3.05) is 6.54 Å². The summed E-state index contributed by atoms with van der Waals surface area (Å²) in [6.07, 6.45) is 4.72. The van der Waals surface area contributed by atoms with Crippen LogP contribution in [0.25, 0.3) is 10.8 Å². The Bertz CT molecular complexity index is 1020. The molecule has 1 fully saturated rings. The number of pyridine rings is 1. The molecular formula is C22H21N3O3. The largest absolute Gasteiger partial charge is 0.506 e. The van der Waals surface area contributed by atoms with E-state index in [-0.39, 0.29) is 23.1 Å². The molecular weight excluding hydrogens is 354 g/mol. The Morgan fingerprint density at radius 2 is 1.89 bits per heavy atom. The first-order valence-electron chi connectivity index (χ1n) is 9.33. The van der Waals surface area contributed by atoms with Crippen molar-refractivity contribution in [1.82, 2.24) is 15.2 Å². The summed E-state index contributed by atoms with van der Waals surface area (Å²) in [5, 5.41) is 15.0. The Hall–Kier alpha value is -3.41. The predicted octanol–water partition coefficient (Wildman–Crippen LogP) is 2.86. The number of hydrogen-bond acceptors (Lipinski definition) is 4. The summed E-state index contributed by atoms with van der Waals surface area (Å²) in [5.74, 6) is -0.529. The van der Waals surface area contributed by atoms with Crippen LogP contribution in [-0.4, -0.2) is 39.4 Å². The van der Waals surface area contributed by atoms with E-state index in [1.807, 2.05) is 36.4 Å². The standard InChI is InChI=1S/C22H21N3O3/c26-20-17-5-2-1-4-16(17)7-8-18(20)22(28)25-13-3-6-19(25)21(27)24-14-15-9-11-23-12-10-15/h1-2,4-5,7-12,19,26H,3,6,13-14H2,(H,24,27)/t19-/m1/s1. The second-order valence-corrected chi connectivity index (χ2v) is 6.91. The molecule has 0 radical (unpaired) electrons. The number of carbonyl (C=O) groups excluding carboxylic acids is 2. The van der Waals surface area contributed by atoms with Crippen LogP contribution in [0.2, 0.25) is 0 Å². The Morgan fingerprint density at radius 3 is 2.71 bits per heavy atom. The van der Waals surface area contributed by atoms with Crippen molar-refractivity contribution in [3.63, 3.8) is 0 Å². The molecule has 1 aromatic heterocycles. The van der Waals surface area contributed by atoms with Crippen LogP contribution >= 0.6 is 0 Å². The summed E-state index contributed by atoms with van der Waals surface area (Å²) in [5.41, 5.74) is 1.18. The SMILES string of the molecule is O=C(NCc1ccncc1)[C@H]1CCCN1C(=O)c1ccc2ccccc2c1O. The Balaban J connectivity index is 1.52. The molecule has 3 aromatic rings. The van der Waals surface area contributed by atoms with Crippen LogP contribution < -0.4 is 5.32 Å². The van der Waals surface area contributed by atoms with E-state index in [0.717, 1.165) is 17.4 Å². The van der Waals surface area contributed by atoms with Gasteiger partial charge in [-0.1, -0.05) is 30.3 Å². The second-order valence-electron chi connectivity index (χ2n) is 6.91. The molecule has 142 valence electrons. The van der Waals surface area contributed by atoms with E-state index < -0.39 is 6.04 Å². The highest BCUT2D eigenvalue weighted by molar-refractivity contribution is 6.05. The van der Waals surface area contributed by atoms with Gasteiger partial charge in [0.05, 0.1) is 5.56 Å². The fourth-order valence-electron chi connectivity index (χ4n) is 3.67. The minimum Gasteiger partial charge on any atom is -0.506 e. The molecule has 0 aliphatic carbocycles. The lowest BCUT2D eigenvalue weighted by Crippen LogP contribution is -2.45. The van der Waals surface area contributed by atoms with E-state index in [0.29, 0.717) is 24.9 Å². The van der Waals surface area contributed by atoms with Crippen molar-refractivity contribution in [2.24, 2.45) is 0 Å². The number of likely N-dealkylation sites (tertiary alicyclic amines) is 1. The normalized spacial score (nSPS) is 16.3. The summed E-state index contributed by atoms with van der Waals surface area (Å²) >= 11 is 0. The lowest BCUT2D eigenvalue weighted by Gasteiger charge is -2.24. The smallest absolute Gasteiger partial charge is 0.258 e. The molecule has 1 saturated heterocycles. The minimum atomic E-state index is -0.528. The highest BCUT2D eigenvalue weighted by Gasteiger charge is 2.35. The van der Waals surface area contributed by atoms with Crippen molar-refractivity contribution in [3.8, 4) is 5.75 Å². The van der Waals surface area contributed by atoms with E-state index in [9.17, 15) is 14.7 Å². The number of nitrogens with one attached hydrogen (secondary N) is 1. The average Bonchev–Trinajstić information content (AvgIpc) is 3.23. The first-order chi connectivity index (χ1) is 13.6. The summed E-state index contributed by atoms with van der Waals surface area (Å²) in [4.78, 5) is 31.3. The molecule has 2 amide bonds. The summed E-state index contributed by atoms with van der Waals surface area (Å²) in [6, 6.07) is 14.0. The van der Waals surface area contributed by atoms with Gasteiger partial charge in [0.1, 0.15) is 11.8 Å². The van der Waals surface area contributed by atoms with Gasteiger partial charge >= 0.3 is 0 Å². The zero-order chi connectivity index (χ0) is 19.5. The maximum atomic E-state index is 13.1. The van der Waals surface area contributed by atoms with Crippen molar-refractivity contribution >= 4 is 22.6 Å². The summed E-state index contributed by atoms with van der Waals surface area (Å²) < 4.78 is 0. The van der Waals surface area contributed by atoms with Gasteiger partial charge < -0.3 is 15.3 Å². The van der Waals surface area contributed by atoms with Crippen molar-refractivity contribution in [3.05, 3.63) is 72.1 Å². The van der Waals surface area contributed by atoms with Gasteiger partial charge in [0.15, 0.2) is 0 Å². The van der Waals surface area contributed by atoms with Crippen molar-refractivity contribution < 1.29 is 14.7 Å².